The standard InChI is InChI=1S/C26H19F10NO3.CH4O/c27-23(28)25(32,33)39-17-6-2-5-16(13-17)21-14-38-22-19(15-4-1-7-18(12-15)40-26(34,35)36)8-3-9-20(22)37(21)11-10-24(29,30)31;1-2/h1-9,12-13,21,23H,10-11,14H2;2H,1H3/t21-;/m1./s1. The molecular weight excluding hydrogens is 592 g/mol. The maximum Gasteiger partial charge on any atom is 0.573 e. The Kier molecular flexibility index (Phi) is 10.1. The lowest BCUT2D eigenvalue weighted by Gasteiger charge is -2.40. The third-order valence-corrected chi connectivity index (χ3v) is 5.83. The van der Waals surface area contributed by atoms with Crippen LogP contribution in [0.5, 0.6) is 17.2 Å². The number of ether oxygens (including phenoxy) is 3. The van der Waals surface area contributed by atoms with E-state index in [4.69, 9.17) is 9.84 Å². The van der Waals surface area contributed by atoms with Crippen LogP contribution >= 0.6 is 0 Å². The monoisotopic (exact) mass is 615 g/mol. The molecule has 0 fully saturated rings. The van der Waals surface area contributed by atoms with E-state index >= 15 is 0 Å². The molecule has 0 spiro atoms. The molecule has 230 valence electrons. The Bertz CT molecular complexity index is 1330. The molecule has 1 heterocycles. The highest BCUT2D eigenvalue weighted by Gasteiger charge is 2.44. The second-order valence-electron chi connectivity index (χ2n) is 8.65. The van der Waals surface area contributed by atoms with Gasteiger partial charge in [-0.05, 0) is 41.5 Å². The molecule has 5 nitrogen and oxygen atoms in total. The molecule has 1 aliphatic heterocycles. The van der Waals surface area contributed by atoms with Gasteiger partial charge in [-0.2, -0.15) is 30.7 Å². The Balaban J connectivity index is 0.00000237. The minimum Gasteiger partial charge on any atom is -0.488 e. The normalized spacial score (nSPS) is 15.4. The van der Waals surface area contributed by atoms with Crippen molar-refractivity contribution in [2.75, 3.05) is 25.2 Å². The van der Waals surface area contributed by atoms with Gasteiger partial charge in [-0.1, -0.05) is 36.4 Å². The number of fused-ring (bicyclic) bond motifs is 1. The van der Waals surface area contributed by atoms with E-state index in [2.05, 4.69) is 9.47 Å². The van der Waals surface area contributed by atoms with E-state index in [1.807, 2.05) is 0 Å². The average molecular weight is 615 g/mol. The van der Waals surface area contributed by atoms with Gasteiger partial charge in [0.05, 0.1) is 18.2 Å². The fourth-order valence-corrected chi connectivity index (χ4v) is 4.20. The van der Waals surface area contributed by atoms with Crippen molar-refractivity contribution in [2.24, 2.45) is 0 Å². The van der Waals surface area contributed by atoms with Gasteiger partial charge < -0.3 is 24.2 Å². The number of alkyl halides is 10. The molecule has 0 aromatic heterocycles. The number of aliphatic hydroxyl groups is 1. The predicted molar refractivity (Wildman–Crippen MR) is 131 cm³/mol. The second-order valence-corrected chi connectivity index (χ2v) is 8.65. The summed E-state index contributed by atoms with van der Waals surface area (Å²) in [6.07, 6.45) is -19.7. The summed E-state index contributed by atoms with van der Waals surface area (Å²) in [6.45, 7) is -0.918. The highest BCUT2D eigenvalue weighted by Crippen LogP contribution is 2.46. The molecule has 42 heavy (non-hydrogen) atoms. The van der Waals surface area contributed by atoms with Crippen molar-refractivity contribution in [3.63, 3.8) is 0 Å². The van der Waals surface area contributed by atoms with Crippen molar-refractivity contribution >= 4 is 5.69 Å². The van der Waals surface area contributed by atoms with E-state index < -0.39 is 55.6 Å². The summed E-state index contributed by atoms with van der Waals surface area (Å²) in [4.78, 5) is 1.30. The summed E-state index contributed by atoms with van der Waals surface area (Å²) < 4.78 is 144. The van der Waals surface area contributed by atoms with Crippen LogP contribution in [-0.2, 0) is 0 Å². The number of rotatable bonds is 8. The van der Waals surface area contributed by atoms with Crippen molar-refractivity contribution in [3.05, 3.63) is 72.3 Å². The summed E-state index contributed by atoms with van der Waals surface area (Å²) in [6, 6.07) is 12.9. The van der Waals surface area contributed by atoms with Gasteiger partial charge in [-0.3, -0.25) is 0 Å². The molecule has 0 bridgehead atoms. The number of halogens is 10. The van der Waals surface area contributed by atoms with Crippen LogP contribution in [0.25, 0.3) is 11.1 Å². The number of benzene rings is 3. The largest absolute Gasteiger partial charge is 0.573 e. The van der Waals surface area contributed by atoms with E-state index in [0.717, 1.165) is 31.4 Å². The fraction of sp³-hybridized carbons (Fsp3) is 0.333. The van der Waals surface area contributed by atoms with E-state index in [1.54, 1.807) is 0 Å². The third kappa shape index (κ3) is 8.33. The van der Waals surface area contributed by atoms with Crippen LogP contribution in [0.4, 0.5) is 49.6 Å². The minimum absolute atomic E-state index is 0.0710. The summed E-state index contributed by atoms with van der Waals surface area (Å²) in [5, 5.41) is 7.00. The number of para-hydroxylation sites is 1. The number of nitrogens with zero attached hydrogens (tertiary/aromatic N) is 1. The zero-order valence-electron chi connectivity index (χ0n) is 21.5. The van der Waals surface area contributed by atoms with Crippen LogP contribution in [0.1, 0.15) is 18.0 Å². The first-order valence-electron chi connectivity index (χ1n) is 12.0. The van der Waals surface area contributed by atoms with Crippen LogP contribution in [-0.4, -0.2) is 50.4 Å². The van der Waals surface area contributed by atoms with Gasteiger partial charge in [-0.25, -0.2) is 0 Å². The van der Waals surface area contributed by atoms with E-state index in [-0.39, 0.29) is 34.7 Å². The Morgan fingerprint density at radius 1 is 0.857 bits per heavy atom. The lowest BCUT2D eigenvalue weighted by Crippen LogP contribution is -2.39. The van der Waals surface area contributed by atoms with Gasteiger partial charge in [-0.15, -0.1) is 13.2 Å². The second kappa shape index (κ2) is 13.0. The molecule has 0 saturated heterocycles. The quantitative estimate of drug-likeness (QED) is 0.261. The molecule has 1 N–H and O–H groups in total. The first kappa shape index (κ1) is 32.6. The summed E-state index contributed by atoms with van der Waals surface area (Å²) in [7, 11) is 1.00. The third-order valence-electron chi connectivity index (χ3n) is 5.83. The maximum absolute atomic E-state index is 13.5. The van der Waals surface area contributed by atoms with Crippen molar-refractivity contribution < 1.29 is 63.2 Å². The first-order chi connectivity index (χ1) is 19.6. The molecule has 4 rings (SSSR count). The van der Waals surface area contributed by atoms with Crippen LogP contribution in [0.15, 0.2) is 66.7 Å². The number of hydrogen-bond acceptors (Lipinski definition) is 5. The van der Waals surface area contributed by atoms with Crippen LogP contribution in [0, 0.1) is 0 Å². The lowest BCUT2D eigenvalue weighted by atomic mass is 9.98. The predicted octanol–water partition coefficient (Wildman–Crippen LogP) is 7.99. The molecule has 3 aromatic carbocycles. The van der Waals surface area contributed by atoms with Gasteiger partial charge in [0.2, 0.25) is 0 Å². The molecule has 1 aliphatic rings. The van der Waals surface area contributed by atoms with E-state index in [0.29, 0.717) is 0 Å². The molecule has 0 unspecified atom stereocenters. The Morgan fingerprint density at radius 2 is 1.48 bits per heavy atom. The topological polar surface area (TPSA) is 51.2 Å². The Hall–Kier alpha value is -3.88. The van der Waals surface area contributed by atoms with Gasteiger partial charge in [0.1, 0.15) is 18.1 Å². The zero-order chi connectivity index (χ0) is 31.3. The van der Waals surface area contributed by atoms with Crippen molar-refractivity contribution in [2.45, 2.75) is 37.5 Å². The number of anilines is 1. The van der Waals surface area contributed by atoms with Gasteiger partial charge >= 0.3 is 25.1 Å². The maximum atomic E-state index is 13.5. The SMILES string of the molecule is CO.FC(F)C(F)(F)Oc1cccc([C@H]2COc3c(-c4cccc(OC(F)(F)F)c4)cccc3N2CCC(F)(F)F)c1. The van der Waals surface area contributed by atoms with Crippen LogP contribution in [0.2, 0.25) is 0 Å². The van der Waals surface area contributed by atoms with Gasteiger partial charge in [0.25, 0.3) is 0 Å². The summed E-state index contributed by atoms with van der Waals surface area (Å²) in [5.41, 5.74) is 0.762. The fourth-order valence-electron chi connectivity index (χ4n) is 4.20. The van der Waals surface area contributed by atoms with Gasteiger partial charge in [0, 0.05) is 19.2 Å². The van der Waals surface area contributed by atoms with Crippen molar-refractivity contribution in [1.82, 2.24) is 0 Å². The van der Waals surface area contributed by atoms with Crippen LogP contribution < -0.4 is 19.1 Å². The number of hydrogen-bond donors (Lipinski definition) is 1. The number of aliphatic hydroxyl groups excluding tert-OH is 1. The molecular formula is C27H23F10NO4. The molecule has 0 saturated carbocycles. The molecule has 15 heteroatoms. The molecule has 3 aromatic rings. The lowest BCUT2D eigenvalue weighted by molar-refractivity contribution is -0.274. The van der Waals surface area contributed by atoms with E-state index in [9.17, 15) is 43.9 Å². The first-order valence-corrected chi connectivity index (χ1v) is 12.0. The van der Waals surface area contributed by atoms with Crippen LogP contribution in [0.3, 0.4) is 0 Å². The molecule has 0 aliphatic carbocycles. The highest BCUT2D eigenvalue weighted by molar-refractivity contribution is 5.80. The minimum atomic E-state index is -4.95. The smallest absolute Gasteiger partial charge is 0.488 e. The summed E-state index contributed by atoms with van der Waals surface area (Å²) in [5.74, 6) is -1.09. The zero-order valence-corrected chi connectivity index (χ0v) is 21.5. The molecule has 1 atom stereocenters. The molecule has 0 radical (unpaired) electrons. The summed E-state index contributed by atoms with van der Waals surface area (Å²) >= 11 is 0. The van der Waals surface area contributed by atoms with Gasteiger partial charge in [0.15, 0.2) is 5.75 Å². The van der Waals surface area contributed by atoms with Crippen molar-refractivity contribution in [1.29, 1.82) is 0 Å². The van der Waals surface area contributed by atoms with E-state index in [1.165, 1.54) is 47.4 Å². The highest BCUT2D eigenvalue weighted by atomic mass is 19.4. The average Bonchev–Trinajstić information content (AvgIpc) is 2.91. The Morgan fingerprint density at radius 3 is 2.10 bits per heavy atom. The Labute approximate surface area is 232 Å². The molecule has 0 amide bonds. The van der Waals surface area contributed by atoms with Crippen molar-refractivity contribution in [3.8, 4) is 28.4 Å².